The number of aromatic amines is 1. The lowest BCUT2D eigenvalue weighted by molar-refractivity contribution is 0.104. The van der Waals surface area contributed by atoms with Crippen LogP contribution >= 0.6 is 0 Å². The first-order valence-electron chi connectivity index (χ1n) is 9.91. The molecule has 30 heavy (non-hydrogen) atoms. The molecule has 0 aliphatic carbocycles. The normalized spacial score (nSPS) is 15.9. The van der Waals surface area contributed by atoms with E-state index in [-0.39, 0.29) is 24.3 Å². The Morgan fingerprint density at radius 2 is 2.13 bits per heavy atom. The SMILES string of the molecule is Cc1[nH]c2c(C#N)cc(F)c(NC3CCN(C(=O)OCc4ccccc4)C3)c2c1C. The predicted molar refractivity (Wildman–Crippen MR) is 113 cm³/mol. The number of carbonyl (C=O) groups excluding carboxylic acids is 1. The van der Waals surface area contributed by atoms with Crippen molar-refractivity contribution in [2.24, 2.45) is 0 Å². The molecule has 154 valence electrons. The summed E-state index contributed by atoms with van der Waals surface area (Å²) in [6.45, 7) is 5.00. The number of nitrogens with one attached hydrogen (secondary N) is 2. The van der Waals surface area contributed by atoms with Crippen molar-refractivity contribution < 1.29 is 13.9 Å². The smallest absolute Gasteiger partial charge is 0.410 e. The molecule has 1 atom stereocenters. The number of benzene rings is 2. The molecule has 1 aliphatic rings. The molecule has 1 aliphatic heterocycles. The number of rotatable bonds is 4. The number of carbonyl (C=O) groups is 1. The highest BCUT2D eigenvalue weighted by Crippen LogP contribution is 2.34. The summed E-state index contributed by atoms with van der Waals surface area (Å²) in [6.07, 6.45) is 0.311. The van der Waals surface area contributed by atoms with Crippen molar-refractivity contribution in [1.82, 2.24) is 9.88 Å². The standard InChI is InChI=1S/C23H23FN4O2/c1-14-15(2)26-21-17(11-25)10-19(24)22(20(14)21)27-18-8-9-28(12-18)23(29)30-13-16-6-4-3-5-7-16/h3-7,10,18,26-27H,8-9,12-13H2,1-2H3. The fourth-order valence-electron chi connectivity index (χ4n) is 3.91. The van der Waals surface area contributed by atoms with Crippen molar-refractivity contribution in [3.05, 3.63) is 64.6 Å². The number of ether oxygens (including phenoxy) is 1. The van der Waals surface area contributed by atoms with Gasteiger partial charge >= 0.3 is 6.09 Å². The van der Waals surface area contributed by atoms with Gasteiger partial charge in [-0.15, -0.1) is 0 Å². The highest BCUT2D eigenvalue weighted by Gasteiger charge is 2.29. The molecular formula is C23H23FN4O2. The Balaban J connectivity index is 1.47. The lowest BCUT2D eigenvalue weighted by Crippen LogP contribution is -2.32. The highest BCUT2D eigenvalue weighted by atomic mass is 19.1. The van der Waals surface area contributed by atoms with E-state index < -0.39 is 5.82 Å². The van der Waals surface area contributed by atoms with E-state index in [1.54, 1.807) is 4.90 Å². The van der Waals surface area contributed by atoms with Gasteiger partial charge in [-0.05, 0) is 37.5 Å². The number of hydrogen-bond donors (Lipinski definition) is 2. The Labute approximate surface area is 174 Å². The molecule has 1 unspecified atom stereocenters. The second-order valence-corrected chi connectivity index (χ2v) is 7.63. The van der Waals surface area contributed by atoms with Gasteiger partial charge in [-0.3, -0.25) is 0 Å². The van der Waals surface area contributed by atoms with E-state index in [1.807, 2.05) is 44.2 Å². The van der Waals surface area contributed by atoms with Crippen molar-refractivity contribution in [3.8, 4) is 6.07 Å². The van der Waals surface area contributed by atoms with Crippen molar-refractivity contribution >= 4 is 22.7 Å². The number of halogens is 1. The minimum absolute atomic E-state index is 0.102. The van der Waals surface area contributed by atoms with Gasteiger partial charge in [-0.2, -0.15) is 5.26 Å². The van der Waals surface area contributed by atoms with Gasteiger partial charge in [-0.1, -0.05) is 30.3 Å². The Hall–Kier alpha value is -3.53. The highest BCUT2D eigenvalue weighted by molar-refractivity contribution is 5.99. The molecule has 2 N–H and O–H groups in total. The van der Waals surface area contributed by atoms with Gasteiger partial charge in [0.25, 0.3) is 0 Å². The number of nitrogens with zero attached hydrogens (tertiary/aromatic N) is 2. The molecule has 0 saturated carbocycles. The van der Waals surface area contributed by atoms with E-state index in [4.69, 9.17) is 4.74 Å². The van der Waals surface area contributed by atoms with Crippen LogP contribution < -0.4 is 5.32 Å². The van der Waals surface area contributed by atoms with E-state index in [1.165, 1.54) is 6.07 Å². The van der Waals surface area contributed by atoms with Gasteiger partial charge in [0.1, 0.15) is 18.5 Å². The van der Waals surface area contributed by atoms with Gasteiger partial charge in [0.05, 0.1) is 16.8 Å². The average molecular weight is 406 g/mol. The summed E-state index contributed by atoms with van der Waals surface area (Å²) in [5.74, 6) is -0.466. The number of anilines is 1. The molecular weight excluding hydrogens is 383 g/mol. The maximum absolute atomic E-state index is 14.8. The van der Waals surface area contributed by atoms with Crippen LogP contribution in [0.4, 0.5) is 14.9 Å². The van der Waals surface area contributed by atoms with Crippen molar-refractivity contribution in [1.29, 1.82) is 5.26 Å². The van der Waals surface area contributed by atoms with E-state index in [9.17, 15) is 14.4 Å². The largest absolute Gasteiger partial charge is 0.445 e. The van der Waals surface area contributed by atoms with Crippen LogP contribution in [-0.2, 0) is 11.3 Å². The quantitative estimate of drug-likeness (QED) is 0.663. The van der Waals surface area contributed by atoms with E-state index in [0.717, 1.165) is 16.8 Å². The Morgan fingerprint density at radius 1 is 1.37 bits per heavy atom. The Morgan fingerprint density at radius 3 is 2.87 bits per heavy atom. The third-order valence-corrected chi connectivity index (χ3v) is 5.65. The third-order valence-electron chi connectivity index (χ3n) is 5.65. The zero-order valence-electron chi connectivity index (χ0n) is 17.0. The van der Waals surface area contributed by atoms with Crippen LogP contribution in [0.1, 0.15) is 28.8 Å². The van der Waals surface area contributed by atoms with Gasteiger partial charge in [0.15, 0.2) is 0 Å². The molecule has 7 heteroatoms. The number of amides is 1. The predicted octanol–water partition coefficient (Wildman–Crippen LogP) is 4.62. The second-order valence-electron chi connectivity index (χ2n) is 7.63. The summed E-state index contributed by atoms with van der Waals surface area (Å²) in [4.78, 5) is 17.2. The monoisotopic (exact) mass is 406 g/mol. The number of likely N-dealkylation sites (tertiary alicyclic amines) is 1. The summed E-state index contributed by atoms with van der Waals surface area (Å²) < 4.78 is 20.2. The summed E-state index contributed by atoms with van der Waals surface area (Å²) >= 11 is 0. The minimum atomic E-state index is -0.466. The molecule has 2 heterocycles. The van der Waals surface area contributed by atoms with Gasteiger partial charge < -0.3 is 19.9 Å². The van der Waals surface area contributed by atoms with Crippen LogP contribution in [0, 0.1) is 31.0 Å². The topological polar surface area (TPSA) is 81.2 Å². The van der Waals surface area contributed by atoms with Gasteiger partial charge in [0.2, 0.25) is 0 Å². The molecule has 2 aromatic carbocycles. The molecule has 1 saturated heterocycles. The zero-order valence-corrected chi connectivity index (χ0v) is 17.0. The van der Waals surface area contributed by atoms with Crippen molar-refractivity contribution in [2.75, 3.05) is 18.4 Å². The first kappa shape index (κ1) is 19.8. The molecule has 0 spiro atoms. The molecule has 1 amide bonds. The third kappa shape index (κ3) is 3.69. The molecule has 0 bridgehead atoms. The number of aryl methyl sites for hydroxylation is 2. The van der Waals surface area contributed by atoms with Crippen LogP contribution in [-0.4, -0.2) is 35.1 Å². The van der Waals surface area contributed by atoms with E-state index in [0.29, 0.717) is 36.1 Å². The number of fused-ring (bicyclic) bond motifs is 1. The Bertz CT molecular complexity index is 1130. The summed E-state index contributed by atoms with van der Waals surface area (Å²) in [5, 5.41) is 13.3. The number of H-pyrrole nitrogens is 1. The lowest BCUT2D eigenvalue weighted by Gasteiger charge is -2.19. The molecule has 1 aromatic heterocycles. The molecule has 0 radical (unpaired) electrons. The maximum Gasteiger partial charge on any atom is 0.410 e. The van der Waals surface area contributed by atoms with Crippen LogP contribution in [0.25, 0.3) is 10.9 Å². The lowest BCUT2D eigenvalue weighted by atomic mass is 10.1. The van der Waals surface area contributed by atoms with E-state index >= 15 is 0 Å². The zero-order chi connectivity index (χ0) is 21.3. The van der Waals surface area contributed by atoms with Crippen LogP contribution in [0.2, 0.25) is 0 Å². The fourth-order valence-corrected chi connectivity index (χ4v) is 3.91. The number of nitriles is 1. The van der Waals surface area contributed by atoms with E-state index in [2.05, 4.69) is 16.4 Å². The summed E-state index contributed by atoms with van der Waals surface area (Å²) in [6, 6.07) is 12.7. The molecule has 1 fully saturated rings. The maximum atomic E-state index is 14.8. The second kappa shape index (κ2) is 8.07. The van der Waals surface area contributed by atoms with Crippen molar-refractivity contribution in [2.45, 2.75) is 32.9 Å². The van der Waals surface area contributed by atoms with Gasteiger partial charge in [-0.25, -0.2) is 9.18 Å². The van der Waals surface area contributed by atoms with Crippen molar-refractivity contribution in [3.63, 3.8) is 0 Å². The molecule has 3 aromatic rings. The summed E-state index contributed by atoms with van der Waals surface area (Å²) in [7, 11) is 0. The average Bonchev–Trinajstić information content (AvgIpc) is 3.34. The van der Waals surface area contributed by atoms with Gasteiger partial charge in [0, 0.05) is 30.2 Å². The molecule has 4 rings (SSSR count). The Kier molecular flexibility index (Phi) is 5.32. The molecule has 6 nitrogen and oxygen atoms in total. The summed E-state index contributed by atoms with van der Waals surface area (Å²) in [5.41, 5.74) is 4.01. The van der Waals surface area contributed by atoms with Crippen LogP contribution in [0.3, 0.4) is 0 Å². The first-order chi connectivity index (χ1) is 14.5. The van der Waals surface area contributed by atoms with Crippen LogP contribution in [0.5, 0.6) is 0 Å². The van der Waals surface area contributed by atoms with Crippen LogP contribution in [0.15, 0.2) is 36.4 Å². The number of aromatic nitrogens is 1. The number of hydrogen-bond acceptors (Lipinski definition) is 4. The first-order valence-corrected chi connectivity index (χ1v) is 9.91. The minimum Gasteiger partial charge on any atom is -0.445 e. The fraction of sp³-hybridized carbons (Fsp3) is 0.304.